The van der Waals surface area contributed by atoms with E-state index in [1.54, 1.807) is 26.4 Å². The Morgan fingerprint density at radius 3 is 2.34 bits per heavy atom. The summed E-state index contributed by atoms with van der Waals surface area (Å²) in [5.74, 6) is 0.815. The van der Waals surface area contributed by atoms with Crippen molar-refractivity contribution < 1.29 is 22.7 Å². The van der Waals surface area contributed by atoms with Gasteiger partial charge in [0.25, 0.3) is 5.91 Å². The molecule has 1 amide bonds. The average Bonchev–Trinajstić information content (AvgIpc) is 3.21. The lowest BCUT2D eigenvalue weighted by Gasteiger charge is -2.08. The Kier molecular flexibility index (Phi) is 6.16. The van der Waals surface area contributed by atoms with Gasteiger partial charge in [-0.15, -0.1) is 11.3 Å². The van der Waals surface area contributed by atoms with E-state index in [9.17, 15) is 13.2 Å². The van der Waals surface area contributed by atoms with E-state index in [1.165, 1.54) is 42.6 Å². The molecule has 0 spiro atoms. The first-order valence-electron chi connectivity index (χ1n) is 8.41. The molecule has 29 heavy (non-hydrogen) atoms. The summed E-state index contributed by atoms with van der Waals surface area (Å²) in [6.45, 7) is 0. The van der Waals surface area contributed by atoms with Crippen LogP contribution in [0.2, 0.25) is 0 Å². The van der Waals surface area contributed by atoms with Crippen LogP contribution in [0.25, 0.3) is 11.3 Å². The van der Waals surface area contributed by atoms with Crippen molar-refractivity contribution in [3.8, 4) is 22.8 Å². The predicted octanol–water partition coefficient (Wildman–Crippen LogP) is 2.99. The largest absolute Gasteiger partial charge is 0.493 e. The van der Waals surface area contributed by atoms with Gasteiger partial charge in [0.05, 0.1) is 24.8 Å². The van der Waals surface area contributed by atoms with Gasteiger partial charge < -0.3 is 9.47 Å². The smallest absolute Gasteiger partial charge is 0.257 e. The van der Waals surface area contributed by atoms with E-state index in [2.05, 4.69) is 15.0 Å². The maximum Gasteiger partial charge on any atom is 0.257 e. The van der Waals surface area contributed by atoms with E-state index >= 15 is 0 Å². The fourth-order valence-corrected chi connectivity index (χ4v) is 3.98. The average molecular weight is 434 g/mol. The van der Waals surface area contributed by atoms with Crippen LogP contribution < -0.4 is 19.5 Å². The Balaban J connectivity index is 1.75. The van der Waals surface area contributed by atoms with Gasteiger partial charge in [-0.05, 0) is 49.5 Å². The van der Waals surface area contributed by atoms with Gasteiger partial charge in [0.15, 0.2) is 16.6 Å². The molecule has 0 radical (unpaired) electrons. The van der Waals surface area contributed by atoms with Crippen molar-refractivity contribution >= 4 is 32.4 Å². The summed E-state index contributed by atoms with van der Waals surface area (Å²) in [5, 5.41) is 4.96. The monoisotopic (exact) mass is 433 g/mol. The van der Waals surface area contributed by atoms with Crippen molar-refractivity contribution in [1.29, 1.82) is 0 Å². The van der Waals surface area contributed by atoms with Crippen molar-refractivity contribution in [2.45, 2.75) is 4.90 Å². The number of rotatable bonds is 7. The third-order valence-electron chi connectivity index (χ3n) is 4.10. The highest BCUT2D eigenvalue weighted by molar-refractivity contribution is 7.89. The third kappa shape index (κ3) is 4.56. The molecule has 1 aromatic heterocycles. The zero-order valence-corrected chi connectivity index (χ0v) is 17.6. The van der Waals surface area contributed by atoms with Gasteiger partial charge in [-0.2, -0.15) is 0 Å². The summed E-state index contributed by atoms with van der Waals surface area (Å²) in [5.41, 5.74) is 1.82. The van der Waals surface area contributed by atoms with E-state index in [4.69, 9.17) is 9.47 Å². The summed E-state index contributed by atoms with van der Waals surface area (Å²) in [6, 6.07) is 11.1. The number of methoxy groups -OCH3 is 2. The van der Waals surface area contributed by atoms with Crippen LogP contribution in [0.15, 0.2) is 52.7 Å². The van der Waals surface area contributed by atoms with Gasteiger partial charge in [-0.3, -0.25) is 10.1 Å². The molecule has 0 atom stereocenters. The minimum atomic E-state index is -3.55. The molecule has 0 aliphatic rings. The zero-order valence-electron chi connectivity index (χ0n) is 15.9. The Morgan fingerprint density at radius 2 is 1.72 bits per heavy atom. The number of nitrogens with zero attached hydrogens (tertiary/aromatic N) is 1. The number of ether oxygens (including phenoxy) is 2. The second kappa shape index (κ2) is 8.60. The second-order valence-corrected chi connectivity index (χ2v) is 8.54. The Bertz CT molecular complexity index is 1130. The van der Waals surface area contributed by atoms with Gasteiger partial charge in [-0.25, -0.2) is 18.1 Å². The summed E-state index contributed by atoms with van der Waals surface area (Å²) >= 11 is 1.28. The van der Waals surface area contributed by atoms with Gasteiger partial charge in [0.2, 0.25) is 10.0 Å². The first kappa shape index (κ1) is 20.8. The van der Waals surface area contributed by atoms with Crippen LogP contribution in [0, 0.1) is 0 Å². The minimum absolute atomic E-state index is 0.0848. The fraction of sp³-hybridized carbons (Fsp3) is 0.158. The van der Waals surface area contributed by atoms with E-state index < -0.39 is 10.0 Å². The number of nitrogens with one attached hydrogen (secondary N) is 2. The van der Waals surface area contributed by atoms with Gasteiger partial charge in [0.1, 0.15) is 0 Å². The van der Waals surface area contributed by atoms with E-state index in [0.717, 1.165) is 5.56 Å². The number of thiazole rings is 1. The van der Waals surface area contributed by atoms with Crippen LogP contribution in [0.5, 0.6) is 11.5 Å². The number of aromatic nitrogens is 1. The zero-order chi connectivity index (χ0) is 21.0. The van der Waals surface area contributed by atoms with E-state index in [1.807, 2.05) is 11.4 Å². The molecule has 0 bridgehead atoms. The maximum atomic E-state index is 12.4. The maximum absolute atomic E-state index is 12.4. The fourth-order valence-electron chi connectivity index (χ4n) is 2.53. The molecule has 0 aliphatic heterocycles. The van der Waals surface area contributed by atoms with Crippen LogP contribution in [0.3, 0.4) is 0 Å². The van der Waals surface area contributed by atoms with Crippen LogP contribution in [-0.4, -0.2) is 40.6 Å². The SMILES string of the molecule is CNS(=O)(=O)c1ccc(C(=O)Nc2nc(-c3ccc(OC)c(OC)c3)cs2)cc1. The highest BCUT2D eigenvalue weighted by Gasteiger charge is 2.14. The third-order valence-corrected chi connectivity index (χ3v) is 6.29. The molecule has 0 fully saturated rings. The van der Waals surface area contributed by atoms with Gasteiger partial charge in [-0.1, -0.05) is 0 Å². The molecule has 0 saturated carbocycles. The molecule has 3 aromatic rings. The predicted molar refractivity (Wildman–Crippen MR) is 111 cm³/mol. The Hall–Kier alpha value is -2.95. The van der Waals surface area contributed by atoms with Crippen molar-refractivity contribution in [1.82, 2.24) is 9.71 Å². The lowest BCUT2D eigenvalue weighted by Crippen LogP contribution is -2.19. The van der Waals surface area contributed by atoms with Crippen molar-refractivity contribution in [2.24, 2.45) is 0 Å². The highest BCUT2D eigenvalue weighted by Crippen LogP contribution is 2.33. The number of benzene rings is 2. The summed E-state index contributed by atoms with van der Waals surface area (Å²) in [7, 11) is 0.900. The highest BCUT2D eigenvalue weighted by atomic mass is 32.2. The van der Waals surface area contributed by atoms with Gasteiger partial charge in [0, 0.05) is 16.5 Å². The topological polar surface area (TPSA) is 107 Å². The molecule has 0 saturated heterocycles. The summed E-state index contributed by atoms with van der Waals surface area (Å²) in [4.78, 5) is 16.9. The molecule has 0 aliphatic carbocycles. The summed E-state index contributed by atoms with van der Waals surface area (Å²) in [6.07, 6.45) is 0. The van der Waals surface area contributed by atoms with Crippen molar-refractivity contribution in [3.63, 3.8) is 0 Å². The van der Waals surface area contributed by atoms with E-state index in [-0.39, 0.29) is 10.8 Å². The molecule has 8 nitrogen and oxygen atoms in total. The van der Waals surface area contributed by atoms with Gasteiger partial charge >= 0.3 is 0 Å². The normalized spacial score (nSPS) is 11.1. The minimum Gasteiger partial charge on any atom is -0.493 e. The van der Waals surface area contributed by atoms with Crippen LogP contribution in [0.1, 0.15) is 10.4 Å². The molecule has 10 heteroatoms. The number of amides is 1. The van der Waals surface area contributed by atoms with Crippen LogP contribution >= 0.6 is 11.3 Å². The molecule has 152 valence electrons. The number of carbonyl (C=O) groups excluding carboxylic acids is 1. The second-order valence-electron chi connectivity index (χ2n) is 5.79. The molecular weight excluding hydrogens is 414 g/mol. The molecule has 2 N–H and O–H groups in total. The van der Waals surface area contributed by atoms with Crippen LogP contribution in [0.4, 0.5) is 5.13 Å². The van der Waals surface area contributed by atoms with Crippen molar-refractivity contribution in [2.75, 3.05) is 26.6 Å². The lowest BCUT2D eigenvalue weighted by molar-refractivity contribution is 0.102. The number of hydrogen-bond donors (Lipinski definition) is 2. The molecule has 0 unspecified atom stereocenters. The van der Waals surface area contributed by atoms with Crippen molar-refractivity contribution in [3.05, 3.63) is 53.4 Å². The lowest BCUT2D eigenvalue weighted by atomic mass is 10.1. The molecule has 3 rings (SSSR count). The number of anilines is 1. The molecule has 1 heterocycles. The molecular formula is C19H19N3O5S2. The van der Waals surface area contributed by atoms with Crippen LogP contribution in [-0.2, 0) is 10.0 Å². The molecule has 2 aromatic carbocycles. The quantitative estimate of drug-likeness (QED) is 0.593. The summed E-state index contributed by atoms with van der Waals surface area (Å²) < 4.78 is 36.3. The standard InChI is InChI=1S/C19H19N3O5S2/c1-20-29(24,25)14-7-4-12(5-8-14)18(23)22-19-21-15(11-28-19)13-6-9-16(26-2)17(10-13)27-3/h4-11,20H,1-3H3,(H,21,22,23). The van der Waals surface area contributed by atoms with E-state index in [0.29, 0.717) is 27.9 Å². The first-order valence-corrected chi connectivity index (χ1v) is 10.8. The Labute approximate surface area is 172 Å². The first-order chi connectivity index (χ1) is 13.9. The number of sulfonamides is 1. The number of carbonyl (C=O) groups is 1. The number of hydrogen-bond acceptors (Lipinski definition) is 7. The Morgan fingerprint density at radius 1 is 1.03 bits per heavy atom.